The normalized spacial score (nSPS) is 18.4. The van der Waals surface area contributed by atoms with E-state index in [0.717, 1.165) is 18.1 Å². The number of nitrogens with zero attached hydrogens (tertiary/aromatic N) is 2. The van der Waals surface area contributed by atoms with Gasteiger partial charge in [-0.2, -0.15) is 16.9 Å². The van der Waals surface area contributed by atoms with Gasteiger partial charge in [-0.15, -0.1) is 0 Å². The molecule has 0 spiro atoms. The van der Waals surface area contributed by atoms with Crippen molar-refractivity contribution in [2.75, 3.05) is 18.8 Å². The number of rotatable bonds is 6. The Bertz CT molecular complexity index is 320. The van der Waals surface area contributed by atoms with E-state index < -0.39 is 0 Å². The number of hydrogen-bond acceptors (Lipinski definition) is 3. The molecule has 0 aliphatic carbocycles. The fourth-order valence-corrected chi connectivity index (χ4v) is 2.73. The Kier molecular flexibility index (Phi) is 4.29. The third-order valence-corrected chi connectivity index (χ3v) is 4.38. The van der Waals surface area contributed by atoms with Gasteiger partial charge in [0.25, 0.3) is 0 Å². The molecule has 1 fully saturated rings. The molecule has 1 aromatic heterocycles. The minimum absolute atomic E-state index is 0.523. The monoisotopic (exact) mass is 239 g/mol. The van der Waals surface area contributed by atoms with Gasteiger partial charge in [-0.25, -0.2) is 0 Å². The van der Waals surface area contributed by atoms with Crippen molar-refractivity contribution in [3.8, 4) is 0 Å². The van der Waals surface area contributed by atoms with Crippen molar-refractivity contribution in [1.29, 1.82) is 0 Å². The minimum Gasteiger partial charge on any atom is -0.316 e. The lowest BCUT2D eigenvalue weighted by molar-refractivity contribution is 0.385. The van der Waals surface area contributed by atoms with Crippen LogP contribution in [-0.4, -0.2) is 28.6 Å². The maximum Gasteiger partial charge on any atom is 0.0723 e. The van der Waals surface area contributed by atoms with Crippen molar-refractivity contribution in [1.82, 2.24) is 15.1 Å². The molecule has 1 aliphatic heterocycles. The summed E-state index contributed by atoms with van der Waals surface area (Å²) in [6.45, 7) is 6.82. The van der Waals surface area contributed by atoms with Crippen molar-refractivity contribution >= 4 is 11.8 Å². The molecule has 1 aliphatic rings. The second kappa shape index (κ2) is 5.73. The van der Waals surface area contributed by atoms with Gasteiger partial charge < -0.3 is 5.32 Å². The van der Waals surface area contributed by atoms with Gasteiger partial charge in [0, 0.05) is 18.0 Å². The fraction of sp³-hybridized carbons (Fsp3) is 0.750. The lowest BCUT2D eigenvalue weighted by atomic mass is 10.1. The van der Waals surface area contributed by atoms with E-state index in [-0.39, 0.29) is 0 Å². The second-order valence-corrected chi connectivity index (χ2v) is 5.61. The van der Waals surface area contributed by atoms with Crippen LogP contribution in [0.2, 0.25) is 0 Å². The van der Waals surface area contributed by atoms with Crippen LogP contribution in [-0.2, 0) is 5.75 Å². The van der Waals surface area contributed by atoms with E-state index in [1.165, 1.54) is 24.5 Å². The maximum absolute atomic E-state index is 4.60. The van der Waals surface area contributed by atoms with E-state index in [4.69, 9.17) is 0 Å². The van der Waals surface area contributed by atoms with Gasteiger partial charge in [0.2, 0.25) is 0 Å². The van der Waals surface area contributed by atoms with Crippen LogP contribution in [0.3, 0.4) is 0 Å². The molecule has 2 rings (SSSR count). The van der Waals surface area contributed by atoms with E-state index in [2.05, 4.69) is 41.2 Å². The SMILES string of the molecule is CCC(C)n1ccc(CSCC2CNC2)n1. The van der Waals surface area contributed by atoms with E-state index >= 15 is 0 Å². The van der Waals surface area contributed by atoms with Crippen LogP contribution in [0.5, 0.6) is 0 Å². The first kappa shape index (κ1) is 12.0. The number of aromatic nitrogens is 2. The van der Waals surface area contributed by atoms with Crippen molar-refractivity contribution in [2.24, 2.45) is 5.92 Å². The molecule has 4 heteroatoms. The number of thioether (sulfide) groups is 1. The quantitative estimate of drug-likeness (QED) is 0.826. The van der Waals surface area contributed by atoms with E-state index in [1.54, 1.807) is 0 Å². The molecule has 1 N–H and O–H groups in total. The molecule has 1 aromatic rings. The highest BCUT2D eigenvalue weighted by Crippen LogP contribution is 2.17. The first-order chi connectivity index (χ1) is 7.79. The van der Waals surface area contributed by atoms with Crippen LogP contribution in [0, 0.1) is 5.92 Å². The third-order valence-electron chi connectivity index (χ3n) is 3.18. The number of nitrogens with one attached hydrogen (secondary N) is 1. The fourth-order valence-electron chi connectivity index (χ4n) is 1.68. The molecule has 0 saturated carbocycles. The van der Waals surface area contributed by atoms with Gasteiger partial charge >= 0.3 is 0 Å². The Morgan fingerprint density at radius 2 is 2.44 bits per heavy atom. The highest BCUT2D eigenvalue weighted by Gasteiger charge is 2.16. The van der Waals surface area contributed by atoms with Gasteiger partial charge in [0.05, 0.1) is 5.69 Å². The average Bonchev–Trinajstić information content (AvgIpc) is 2.69. The molecule has 1 saturated heterocycles. The van der Waals surface area contributed by atoms with Crippen LogP contribution < -0.4 is 5.32 Å². The lowest BCUT2D eigenvalue weighted by Crippen LogP contribution is -2.43. The zero-order valence-corrected chi connectivity index (χ0v) is 11.0. The minimum atomic E-state index is 0.523. The van der Waals surface area contributed by atoms with Crippen LogP contribution >= 0.6 is 11.8 Å². The van der Waals surface area contributed by atoms with Crippen molar-refractivity contribution < 1.29 is 0 Å². The average molecular weight is 239 g/mol. The zero-order valence-electron chi connectivity index (χ0n) is 10.1. The summed E-state index contributed by atoms with van der Waals surface area (Å²) in [7, 11) is 0. The summed E-state index contributed by atoms with van der Waals surface area (Å²) < 4.78 is 2.08. The summed E-state index contributed by atoms with van der Waals surface area (Å²) in [5, 5.41) is 7.91. The summed E-state index contributed by atoms with van der Waals surface area (Å²) >= 11 is 2.01. The van der Waals surface area contributed by atoms with Gasteiger partial charge in [-0.3, -0.25) is 4.68 Å². The van der Waals surface area contributed by atoms with Gasteiger partial charge in [0.1, 0.15) is 0 Å². The largest absolute Gasteiger partial charge is 0.316 e. The topological polar surface area (TPSA) is 29.9 Å². The van der Waals surface area contributed by atoms with Gasteiger partial charge in [-0.1, -0.05) is 6.92 Å². The first-order valence-electron chi connectivity index (χ1n) is 6.12. The summed E-state index contributed by atoms with van der Waals surface area (Å²) in [6, 6.07) is 2.67. The molecule has 90 valence electrons. The number of hydrogen-bond donors (Lipinski definition) is 1. The molecule has 0 amide bonds. The predicted molar refractivity (Wildman–Crippen MR) is 69.8 cm³/mol. The van der Waals surface area contributed by atoms with Crippen LogP contribution in [0.1, 0.15) is 32.0 Å². The van der Waals surface area contributed by atoms with Gasteiger partial charge in [-0.05, 0) is 44.2 Å². The molecule has 1 atom stereocenters. The lowest BCUT2D eigenvalue weighted by Gasteiger charge is -2.26. The highest BCUT2D eigenvalue weighted by molar-refractivity contribution is 7.98. The molecular formula is C12H21N3S. The Balaban J connectivity index is 1.73. The zero-order chi connectivity index (χ0) is 11.4. The van der Waals surface area contributed by atoms with Crippen LogP contribution in [0.4, 0.5) is 0 Å². The molecule has 0 radical (unpaired) electrons. The Labute approximate surface area is 102 Å². The molecule has 3 nitrogen and oxygen atoms in total. The molecule has 1 unspecified atom stereocenters. The van der Waals surface area contributed by atoms with Crippen LogP contribution in [0.25, 0.3) is 0 Å². The molecule has 0 aromatic carbocycles. The van der Waals surface area contributed by atoms with E-state index in [1.807, 2.05) is 11.8 Å². The molecule has 2 heterocycles. The van der Waals surface area contributed by atoms with Gasteiger partial charge in [0.15, 0.2) is 0 Å². The Morgan fingerprint density at radius 3 is 3.06 bits per heavy atom. The molecule has 0 bridgehead atoms. The van der Waals surface area contributed by atoms with Crippen molar-refractivity contribution in [3.05, 3.63) is 18.0 Å². The summed E-state index contributed by atoms with van der Waals surface area (Å²) in [5.41, 5.74) is 1.22. The predicted octanol–water partition coefficient (Wildman–Crippen LogP) is 2.31. The molecular weight excluding hydrogens is 218 g/mol. The standard InChI is InChI=1S/C12H21N3S/c1-3-10(2)15-5-4-12(14-15)9-16-8-11-6-13-7-11/h4-5,10-11,13H,3,6-9H2,1-2H3. The summed E-state index contributed by atoms with van der Waals surface area (Å²) in [5.74, 6) is 3.21. The molecule has 16 heavy (non-hydrogen) atoms. The van der Waals surface area contributed by atoms with Crippen LogP contribution in [0.15, 0.2) is 12.3 Å². The Morgan fingerprint density at radius 1 is 1.62 bits per heavy atom. The first-order valence-corrected chi connectivity index (χ1v) is 7.27. The second-order valence-electron chi connectivity index (χ2n) is 4.58. The van der Waals surface area contributed by atoms with Crippen molar-refractivity contribution in [3.63, 3.8) is 0 Å². The van der Waals surface area contributed by atoms with E-state index in [0.29, 0.717) is 6.04 Å². The van der Waals surface area contributed by atoms with E-state index in [9.17, 15) is 0 Å². The highest BCUT2D eigenvalue weighted by atomic mass is 32.2. The Hall–Kier alpha value is -0.480. The smallest absolute Gasteiger partial charge is 0.0723 e. The third kappa shape index (κ3) is 3.01. The summed E-state index contributed by atoms with van der Waals surface area (Å²) in [6.07, 6.45) is 3.25. The maximum atomic E-state index is 4.60. The van der Waals surface area contributed by atoms with Crippen molar-refractivity contribution in [2.45, 2.75) is 32.1 Å². The summed E-state index contributed by atoms with van der Waals surface area (Å²) in [4.78, 5) is 0.